The number of nitrogens with zero attached hydrogens (tertiary/aromatic N) is 1. The zero-order chi connectivity index (χ0) is 5.15. The molecule has 0 radical (unpaired) electrons. The Morgan fingerprint density at radius 2 is 1.50 bits per heavy atom. The summed E-state index contributed by atoms with van der Waals surface area (Å²) in [6.07, 6.45) is -0.315. The van der Waals surface area contributed by atoms with Crippen molar-refractivity contribution in [3.63, 3.8) is 0 Å². The number of rotatable bonds is 1. The van der Waals surface area contributed by atoms with Crippen LogP contribution in [0.1, 0.15) is 0 Å². The fourth-order valence-corrected chi connectivity index (χ4v) is 0. The largest absolute Gasteiger partial charge is 0.304 e. The maximum absolute atomic E-state index is 5.14. The highest BCUT2D eigenvalue weighted by Crippen LogP contribution is 1.66. The maximum atomic E-state index is 5.14. The standard InChI is InChI=1S/C3H11N3/c1-6(2)3(4)5/h3H,4-5H2,1-2H3. The molecule has 0 fully saturated rings. The van der Waals surface area contributed by atoms with Crippen LogP contribution in [0.5, 0.6) is 0 Å². The van der Waals surface area contributed by atoms with E-state index in [1.165, 1.54) is 0 Å². The quantitative estimate of drug-likeness (QED) is 0.395. The van der Waals surface area contributed by atoms with Crippen LogP contribution in [-0.4, -0.2) is 25.3 Å². The highest BCUT2D eigenvalue weighted by molar-refractivity contribution is 4.41. The highest BCUT2D eigenvalue weighted by Gasteiger charge is 1.90. The van der Waals surface area contributed by atoms with Crippen LogP contribution in [0, 0.1) is 0 Å². The van der Waals surface area contributed by atoms with Gasteiger partial charge in [0.05, 0.1) is 0 Å². The van der Waals surface area contributed by atoms with Gasteiger partial charge in [-0.2, -0.15) is 0 Å². The molecule has 0 bridgehead atoms. The molecule has 0 atom stereocenters. The van der Waals surface area contributed by atoms with E-state index in [0.717, 1.165) is 0 Å². The molecule has 0 spiro atoms. The molecular weight excluding hydrogens is 78.1 g/mol. The molecule has 3 nitrogen and oxygen atoms in total. The molecule has 6 heavy (non-hydrogen) atoms. The lowest BCUT2D eigenvalue weighted by atomic mass is 10.8. The van der Waals surface area contributed by atoms with Crippen molar-refractivity contribution in [3.05, 3.63) is 0 Å². The van der Waals surface area contributed by atoms with Gasteiger partial charge in [-0.15, -0.1) is 0 Å². The topological polar surface area (TPSA) is 55.3 Å². The van der Waals surface area contributed by atoms with E-state index in [1.807, 2.05) is 14.1 Å². The van der Waals surface area contributed by atoms with Crippen molar-refractivity contribution in [3.8, 4) is 0 Å². The summed E-state index contributed by atoms with van der Waals surface area (Å²) in [6, 6.07) is 0. The first-order valence-corrected chi connectivity index (χ1v) is 1.82. The Bertz CT molecular complexity index is 27.0. The number of nitrogens with two attached hydrogens (primary N) is 2. The predicted molar refractivity (Wildman–Crippen MR) is 25.8 cm³/mol. The minimum atomic E-state index is -0.315. The van der Waals surface area contributed by atoms with Crippen LogP contribution in [0.3, 0.4) is 0 Å². The van der Waals surface area contributed by atoms with Crippen molar-refractivity contribution >= 4 is 0 Å². The van der Waals surface area contributed by atoms with E-state index in [1.54, 1.807) is 4.90 Å². The van der Waals surface area contributed by atoms with Crippen LogP contribution in [0.15, 0.2) is 0 Å². The third-order valence-corrected chi connectivity index (χ3v) is 0.596. The third-order valence-electron chi connectivity index (χ3n) is 0.596. The number of hydrogen-bond donors (Lipinski definition) is 2. The summed E-state index contributed by atoms with van der Waals surface area (Å²) in [6.45, 7) is 0. The van der Waals surface area contributed by atoms with E-state index in [-0.39, 0.29) is 6.29 Å². The zero-order valence-corrected chi connectivity index (χ0v) is 4.18. The van der Waals surface area contributed by atoms with Crippen LogP contribution in [-0.2, 0) is 0 Å². The Hall–Kier alpha value is -0.120. The summed E-state index contributed by atoms with van der Waals surface area (Å²) < 4.78 is 0. The van der Waals surface area contributed by atoms with E-state index in [0.29, 0.717) is 0 Å². The number of hydrogen-bond acceptors (Lipinski definition) is 3. The van der Waals surface area contributed by atoms with Gasteiger partial charge in [-0.1, -0.05) is 0 Å². The molecular formula is C3H11N3. The molecule has 0 aromatic carbocycles. The zero-order valence-electron chi connectivity index (χ0n) is 4.18. The molecule has 0 unspecified atom stereocenters. The van der Waals surface area contributed by atoms with Gasteiger partial charge in [-0.05, 0) is 14.1 Å². The van der Waals surface area contributed by atoms with Crippen LogP contribution < -0.4 is 11.5 Å². The van der Waals surface area contributed by atoms with E-state index >= 15 is 0 Å². The molecule has 0 aliphatic heterocycles. The first-order chi connectivity index (χ1) is 2.64. The molecule has 3 heteroatoms. The Morgan fingerprint density at radius 3 is 1.50 bits per heavy atom. The lowest BCUT2D eigenvalue weighted by molar-refractivity contribution is 0.308. The predicted octanol–water partition coefficient (Wildman–Crippen LogP) is -1.25. The van der Waals surface area contributed by atoms with Crippen molar-refractivity contribution < 1.29 is 0 Å². The molecule has 0 aromatic heterocycles. The average molecular weight is 89.1 g/mol. The Morgan fingerprint density at radius 1 is 1.33 bits per heavy atom. The van der Waals surface area contributed by atoms with E-state index < -0.39 is 0 Å². The van der Waals surface area contributed by atoms with Crippen LogP contribution >= 0.6 is 0 Å². The van der Waals surface area contributed by atoms with E-state index in [2.05, 4.69) is 0 Å². The SMILES string of the molecule is CN(C)C(N)N. The summed E-state index contributed by atoms with van der Waals surface area (Å²) in [5.41, 5.74) is 10.3. The second-order valence-corrected chi connectivity index (χ2v) is 1.45. The molecule has 0 rings (SSSR count). The fourth-order valence-electron chi connectivity index (χ4n) is 0. The van der Waals surface area contributed by atoms with Gasteiger partial charge in [-0.25, -0.2) is 0 Å². The minimum Gasteiger partial charge on any atom is -0.304 e. The summed E-state index contributed by atoms with van der Waals surface area (Å²) in [5, 5.41) is 0. The second-order valence-electron chi connectivity index (χ2n) is 1.45. The normalized spacial score (nSPS) is 11.0. The molecule has 4 N–H and O–H groups in total. The molecule has 0 aromatic rings. The highest BCUT2D eigenvalue weighted by atomic mass is 15.2. The molecule has 0 aliphatic rings. The summed E-state index contributed by atoms with van der Waals surface area (Å²) in [5.74, 6) is 0. The first kappa shape index (κ1) is 5.88. The van der Waals surface area contributed by atoms with E-state index in [9.17, 15) is 0 Å². The Kier molecular flexibility index (Phi) is 2.08. The van der Waals surface area contributed by atoms with Crippen LogP contribution in [0.2, 0.25) is 0 Å². The van der Waals surface area contributed by atoms with Crippen molar-refractivity contribution in [2.75, 3.05) is 14.1 Å². The van der Waals surface area contributed by atoms with Gasteiger partial charge in [0, 0.05) is 0 Å². The molecule has 38 valence electrons. The van der Waals surface area contributed by atoms with Crippen LogP contribution in [0.4, 0.5) is 0 Å². The molecule has 0 amide bonds. The van der Waals surface area contributed by atoms with Crippen molar-refractivity contribution in [1.29, 1.82) is 0 Å². The van der Waals surface area contributed by atoms with Gasteiger partial charge >= 0.3 is 0 Å². The molecule has 0 heterocycles. The first-order valence-electron chi connectivity index (χ1n) is 1.82. The monoisotopic (exact) mass is 89.1 g/mol. The van der Waals surface area contributed by atoms with Gasteiger partial charge in [0.15, 0.2) is 0 Å². The molecule has 0 aliphatic carbocycles. The molecule has 0 saturated heterocycles. The molecule has 0 saturated carbocycles. The van der Waals surface area contributed by atoms with Crippen molar-refractivity contribution in [2.24, 2.45) is 11.5 Å². The van der Waals surface area contributed by atoms with Crippen molar-refractivity contribution in [2.45, 2.75) is 6.29 Å². The van der Waals surface area contributed by atoms with Gasteiger partial charge in [-0.3, -0.25) is 4.90 Å². The van der Waals surface area contributed by atoms with Crippen molar-refractivity contribution in [1.82, 2.24) is 4.90 Å². The smallest absolute Gasteiger partial charge is 0.108 e. The lowest BCUT2D eigenvalue weighted by Gasteiger charge is -2.12. The fraction of sp³-hybridized carbons (Fsp3) is 1.00. The summed E-state index contributed by atoms with van der Waals surface area (Å²) in [7, 11) is 3.65. The van der Waals surface area contributed by atoms with Gasteiger partial charge in [0.1, 0.15) is 6.29 Å². The average Bonchev–Trinajstić information content (AvgIpc) is 1.36. The van der Waals surface area contributed by atoms with Gasteiger partial charge in [0.2, 0.25) is 0 Å². The summed E-state index contributed by atoms with van der Waals surface area (Å²) in [4.78, 5) is 1.72. The minimum absolute atomic E-state index is 0.315. The van der Waals surface area contributed by atoms with E-state index in [4.69, 9.17) is 11.5 Å². The Balaban J connectivity index is 2.99. The summed E-state index contributed by atoms with van der Waals surface area (Å²) >= 11 is 0. The van der Waals surface area contributed by atoms with Gasteiger partial charge < -0.3 is 11.5 Å². The maximum Gasteiger partial charge on any atom is 0.108 e. The van der Waals surface area contributed by atoms with Gasteiger partial charge in [0.25, 0.3) is 0 Å². The third kappa shape index (κ3) is 2.14. The Labute approximate surface area is 37.9 Å². The second kappa shape index (κ2) is 2.12. The van der Waals surface area contributed by atoms with Crippen LogP contribution in [0.25, 0.3) is 0 Å². The lowest BCUT2D eigenvalue weighted by Crippen LogP contribution is -2.43.